The van der Waals surface area contributed by atoms with E-state index in [0.717, 1.165) is 5.56 Å². The van der Waals surface area contributed by atoms with Crippen LogP contribution in [0.25, 0.3) is 0 Å². The fourth-order valence-corrected chi connectivity index (χ4v) is 5.07. The fourth-order valence-electron chi connectivity index (χ4n) is 5.07. The zero-order valence-electron chi connectivity index (χ0n) is 25.6. The van der Waals surface area contributed by atoms with Gasteiger partial charge in [-0.05, 0) is 59.9 Å². The van der Waals surface area contributed by atoms with Gasteiger partial charge < -0.3 is 30.9 Å². The zero-order valence-corrected chi connectivity index (χ0v) is 25.6. The number of aryl methyl sites for hydroxylation is 1. The van der Waals surface area contributed by atoms with E-state index in [1.807, 2.05) is 50.8 Å². The molecule has 2 aromatic carbocycles. The summed E-state index contributed by atoms with van der Waals surface area (Å²) in [6, 6.07) is 14.5. The lowest BCUT2D eigenvalue weighted by Gasteiger charge is -2.38. The Kier molecular flexibility index (Phi) is 10.2. The first-order valence-corrected chi connectivity index (χ1v) is 14.6. The molecular formula is C33H40N6O5. The first-order chi connectivity index (χ1) is 20.9. The molecule has 0 aliphatic carbocycles. The van der Waals surface area contributed by atoms with Gasteiger partial charge in [0, 0.05) is 56.2 Å². The second-order valence-electron chi connectivity index (χ2n) is 12.2. The summed E-state index contributed by atoms with van der Waals surface area (Å²) in [7, 11) is 0. The van der Waals surface area contributed by atoms with Crippen molar-refractivity contribution < 1.29 is 24.3 Å². The third-order valence-electron chi connectivity index (χ3n) is 7.21. The van der Waals surface area contributed by atoms with Gasteiger partial charge in [-0.3, -0.25) is 19.4 Å². The molecule has 1 atom stereocenters. The minimum Gasteiger partial charge on any atom is -0.481 e. The van der Waals surface area contributed by atoms with Crippen molar-refractivity contribution in [3.05, 3.63) is 83.7 Å². The molecule has 4 N–H and O–H groups in total. The molecule has 44 heavy (non-hydrogen) atoms. The third-order valence-corrected chi connectivity index (χ3v) is 7.21. The van der Waals surface area contributed by atoms with Crippen LogP contribution in [0.5, 0.6) is 0 Å². The number of hydrogen-bond acceptors (Lipinski definition) is 6. The monoisotopic (exact) mass is 600 g/mol. The molecule has 0 radical (unpaired) electrons. The van der Waals surface area contributed by atoms with E-state index >= 15 is 0 Å². The van der Waals surface area contributed by atoms with Crippen LogP contribution in [0.15, 0.2) is 67.0 Å². The predicted molar refractivity (Wildman–Crippen MR) is 170 cm³/mol. The number of urea groups is 1. The van der Waals surface area contributed by atoms with Crippen LogP contribution in [-0.4, -0.2) is 65.0 Å². The first-order valence-electron chi connectivity index (χ1n) is 14.6. The number of hydrogen-bond donors (Lipinski definition) is 4. The fraction of sp³-hybridized carbons (Fsp3) is 0.364. The maximum absolute atomic E-state index is 13.4. The molecule has 1 aliphatic rings. The molecular weight excluding hydrogens is 560 g/mol. The van der Waals surface area contributed by atoms with E-state index in [-0.39, 0.29) is 23.3 Å². The quantitative estimate of drug-likeness (QED) is 0.269. The molecule has 232 valence electrons. The number of carboxylic acid groups (broad SMARTS) is 1. The van der Waals surface area contributed by atoms with Crippen molar-refractivity contribution in [3.8, 4) is 0 Å². The summed E-state index contributed by atoms with van der Waals surface area (Å²) in [5, 5.41) is 18.0. The highest BCUT2D eigenvalue weighted by atomic mass is 16.4. The number of aromatic nitrogens is 1. The lowest BCUT2D eigenvalue weighted by atomic mass is 9.91. The lowest BCUT2D eigenvalue weighted by Crippen LogP contribution is -2.49. The number of amides is 4. The normalized spacial score (nSPS) is 14.0. The number of pyridine rings is 1. The molecule has 11 nitrogen and oxygen atoms in total. The van der Waals surface area contributed by atoms with Crippen molar-refractivity contribution in [1.82, 2.24) is 15.2 Å². The van der Waals surface area contributed by atoms with Crippen LogP contribution in [-0.2, 0) is 9.59 Å². The average molecular weight is 601 g/mol. The van der Waals surface area contributed by atoms with Crippen molar-refractivity contribution in [3.63, 3.8) is 0 Å². The molecule has 1 unspecified atom stereocenters. The number of benzene rings is 2. The van der Waals surface area contributed by atoms with E-state index in [4.69, 9.17) is 0 Å². The highest BCUT2D eigenvalue weighted by Gasteiger charge is 2.27. The number of anilines is 3. The smallest absolute Gasteiger partial charge is 0.323 e. The van der Waals surface area contributed by atoms with Crippen molar-refractivity contribution in [2.45, 2.75) is 46.6 Å². The van der Waals surface area contributed by atoms with Gasteiger partial charge in [0.05, 0.1) is 23.8 Å². The Labute approximate surface area is 257 Å². The van der Waals surface area contributed by atoms with Gasteiger partial charge in [0.25, 0.3) is 5.91 Å². The minimum atomic E-state index is -1.06. The van der Waals surface area contributed by atoms with Gasteiger partial charge in [0.1, 0.15) is 0 Å². The molecule has 3 aromatic rings. The summed E-state index contributed by atoms with van der Waals surface area (Å²) in [5.74, 6) is -1.44. The highest BCUT2D eigenvalue weighted by Crippen LogP contribution is 2.30. The van der Waals surface area contributed by atoms with Gasteiger partial charge >= 0.3 is 12.0 Å². The maximum atomic E-state index is 13.4. The van der Waals surface area contributed by atoms with Gasteiger partial charge in [0.2, 0.25) is 5.91 Å². The first kappa shape index (κ1) is 32.0. The Morgan fingerprint density at radius 2 is 1.70 bits per heavy atom. The van der Waals surface area contributed by atoms with E-state index in [9.17, 15) is 24.3 Å². The molecule has 1 aliphatic heterocycles. The summed E-state index contributed by atoms with van der Waals surface area (Å²) in [6.07, 6.45) is 3.23. The summed E-state index contributed by atoms with van der Waals surface area (Å²) in [5.41, 5.74) is 3.44. The number of rotatable bonds is 9. The summed E-state index contributed by atoms with van der Waals surface area (Å²) in [4.78, 5) is 58.8. The Bertz CT molecular complexity index is 1500. The number of carbonyl (C=O) groups is 4. The van der Waals surface area contributed by atoms with E-state index in [2.05, 4.69) is 25.8 Å². The lowest BCUT2D eigenvalue weighted by molar-refractivity contribution is -0.137. The van der Waals surface area contributed by atoms with Gasteiger partial charge in [-0.1, -0.05) is 39.0 Å². The zero-order chi connectivity index (χ0) is 31.9. The Balaban J connectivity index is 1.56. The van der Waals surface area contributed by atoms with Crippen LogP contribution in [0.2, 0.25) is 0 Å². The standard InChI is InChI=1S/C33H40N6O5/c1-22-7-5-9-25(17-22)35-32(44)37-27-18-23(31(43)36-26(19-30(41)42)24-8-6-12-34-21-24)10-11-28(27)38-13-15-39(16-14-38)29(40)20-33(2,3)4/h5-12,17-18,21,26H,13-16,19-20H2,1-4H3,(H,36,43)(H,41,42)(H2,35,37,44). The number of piperazine rings is 1. The van der Waals surface area contributed by atoms with E-state index in [1.54, 1.807) is 42.6 Å². The minimum absolute atomic E-state index is 0.104. The number of nitrogens with zero attached hydrogens (tertiary/aromatic N) is 3. The highest BCUT2D eigenvalue weighted by molar-refractivity contribution is 6.04. The number of aliphatic carboxylic acids is 1. The van der Waals surface area contributed by atoms with E-state index in [1.165, 1.54) is 6.20 Å². The molecule has 4 amide bonds. The number of carboxylic acids is 1. The predicted octanol–water partition coefficient (Wildman–Crippen LogP) is 5.06. The molecule has 1 saturated heterocycles. The topological polar surface area (TPSA) is 144 Å². The number of nitrogens with one attached hydrogen (secondary N) is 3. The molecule has 0 saturated carbocycles. The Morgan fingerprint density at radius 1 is 0.955 bits per heavy atom. The van der Waals surface area contributed by atoms with Gasteiger partial charge in [-0.2, -0.15) is 0 Å². The van der Waals surface area contributed by atoms with Crippen LogP contribution in [0.3, 0.4) is 0 Å². The van der Waals surface area contributed by atoms with Crippen LogP contribution < -0.4 is 20.9 Å². The van der Waals surface area contributed by atoms with Crippen LogP contribution >= 0.6 is 0 Å². The average Bonchev–Trinajstić information content (AvgIpc) is 2.96. The molecule has 1 aromatic heterocycles. The van der Waals surface area contributed by atoms with Crippen molar-refractivity contribution >= 4 is 40.9 Å². The second kappa shape index (κ2) is 14.0. The van der Waals surface area contributed by atoms with Crippen LogP contribution in [0.1, 0.15) is 61.1 Å². The van der Waals surface area contributed by atoms with Crippen molar-refractivity contribution in [2.24, 2.45) is 5.41 Å². The molecule has 4 rings (SSSR count). The van der Waals surface area contributed by atoms with E-state index < -0.39 is 23.9 Å². The molecule has 11 heteroatoms. The van der Waals surface area contributed by atoms with Crippen molar-refractivity contribution in [2.75, 3.05) is 41.7 Å². The Hall–Kier alpha value is -4.93. The van der Waals surface area contributed by atoms with Crippen LogP contribution in [0, 0.1) is 12.3 Å². The molecule has 2 heterocycles. The number of carbonyl (C=O) groups excluding carboxylic acids is 3. The summed E-state index contributed by atoms with van der Waals surface area (Å²) >= 11 is 0. The van der Waals surface area contributed by atoms with Crippen LogP contribution in [0.4, 0.5) is 21.9 Å². The van der Waals surface area contributed by atoms with Gasteiger partial charge in [0.15, 0.2) is 0 Å². The maximum Gasteiger partial charge on any atom is 0.323 e. The third kappa shape index (κ3) is 9.03. The largest absolute Gasteiger partial charge is 0.481 e. The summed E-state index contributed by atoms with van der Waals surface area (Å²) < 4.78 is 0. The van der Waals surface area contributed by atoms with Gasteiger partial charge in [-0.15, -0.1) is 0 Å². The molecule has 0 spiro atoms. The van der Waals surface area contributed by atoms with Gasteiger partial charge in [-0.25, -0.2) is 4.79 Å². The van der Waals surface area contributed by atoms with Crippen molar-refractivity contribution in [1.29, 1.82) is 0 Å². The molecule has 0 bridgehead atoms. The second-order valence-corrected chi connectivity index (χ2v) is 12.2. The molecule has 1 fully saturated rings. The van der Waals surface area contributed by atoms with E-state index in [0.29, 0.717) is 55.2 Å². The Morgan fingerprint density at radius 3 is 2.34 bits per heavy atom. The summed E-state index contributed by atoms with van der Waals surface area (Å²) in [6.45, 7) is 10.2. The SMILES string of the molecule is Cc1cccc(NC(=O)Nc2cc(C(=O)NC(CC(=O)O)c3cccnc3)ccc2N2CCN(C(=O)CC(C)(C)C)CC2)c1.